The van der Waals surface area contributed by atoms with Gasteiger partial charge in [0.15, 0.2) is 0 Å². The zero-order valence-electron chi connectivity index (χ0n) is 34.8. The van der Waals surface area contributed by atoms with Crippen LogP contribution in [0.15, 0.2) is 78.0 Å². The number of H-pyrrole nitrogens is 2. The van der Waals surface area contributed by atoms with E-state index in [2.05, 4.69) is 85.7 Å². The number of carbonyl (C=O) groups excluding carboxylic acids is 4. The zero-order valence-corrected chi connectivity index (χ0v) is 34.8. The van der Waals surface area contributed by atoms with Gasteiger partial charge in [-0.25, -0.2) is 19.6 Å². The van der Waals surface area contributed by atoms with E-state index in [1.165, 1.54) is 27.5 Å². The van der Waals surface area contributed by atoms with Crippen LogP contribution in [0.25, 0.3) is 44.4 Å². The zero-order chi connectivity index (χ0) is 42.5. The minimum atomic E-state index is -0.773. The Balaban J connectivity index is 1.02. The Kier molecular flexibility index (Phi) is 12.7. The van der Waals surface area contributed by atoms with Crippen molar-refractivity contribution in [3.63, 3.8) is 0 Å². The SMILES string of the molecule is COC(=O)/N=C/C(C(=O)N1CCCC1c1ncc(-c2ccc(-c3ccc4cc(-c5cnc([C@@H]6CCCN6C(=O)[C@@H](NC(=O)OC)C(C)C)[nH]5)ccc4c3)cc2)[nH]1)[C@@H](C)OC. The monoisotopic (exact) mass is 816 g/mol. The fourth-order valence-corrected chi connectivity index (χ4v) is 8.17. The van der Waals surface area contributed by atoms with Gasteiger partial charge in [0.2, 0.25) is 11.8 Å². The first-order valence-electron chi connectivity index (χ1n) is 20.3. The Bertz CT molecular complexity index is 2370. The van der Waals surface area contributed by atoms with Gasteiger partial charge in [-0.15, -0.1) is 0 Å². The number of aliphatic imine (C=N–C) groups is 1. The molecular weight excluding hydrogens is 765 g/mol. The Labute approximate surface area is 348 Å². The molecule has 0 saturated carbocycles. The molecule has 4 heterocycles. The number of methoxy groups -OCH3 is 3. The number of imidazole rings is 2. The molecule has 3 N–H and O–H groups in total. The van der Waals surface area contributed by atoms with Gasteiger partial charge in [0.05, 0.1) is 62.1 Å². The second kappa shape index (κ2) is 18.3. The first kappa shape index (κ1) is 41.8. The molecular formula is C45H52N8O7. The molecule has 3 aromatic carbocycles. The highest BCUT2D eigenvalue weighted by Crippen LogP contribution is 2.36. The highest BCUT2D eigenvalue weighted by Gasteiger charge is 2.39. The maximum Gasteiger partial charge on any atom is 0.432 e. The third kappa shape index (κ3) is 8.81. The van der Waals surface area contributed by atoms with E-state index in [9.17, 15) is 19.2 Å². The maximum absolute atomic E-state index is 13.7. The highest BCUT2D eigenvalue weighted by molar-refractivity contribution is 5.97. The van der Waals surface area contributed by atoms with Crippen LogP contribution in [-0.4, -0.2) is 107 Å². The molecule has 314 valence electrons. The van der Waals surface area contributed by atoms with Crippen LogP contribution in [0, 0.1) is 11.8 Å². The standard InChI is InChI=1S/C45H52N8O7/c1-26(2)39(51-45(57)60-6)43(55)53-20-8-10-38(53)41-47-25-36(50-41)33-18-17-31-21-30(15-16-32(31)22-33)28-11-13-29(14-12-28)35-24-46-40(49-35)37-9-7-19-52(37)42(54)34(27(3)58-4)23-48-44(56)59-5/h11-18,21-27,34,37-39H,7-10,19-20H2,1-6H3,(H,46,49)(H,47,50)(H,51,57)/b48-23+/t27-,34?,37?,38+,39+/m1/s1. The number of nitrogens with zero attached hydrogens (tertiary/aromatic N) is 5. The summed E-state index contributed by atoms with van der Waals surface area (Å²) in [4.78, 5) is 74.7. The lowest BCUT2D eigenvalue weighted by Crippen LogP contribution is -2.51. The molecule has 0 aliphatic carbocycles. The number of rotatable bonds is 12. The average molecular weight is 817 g/mol. The topological polar surface area (TPSA) is 184 Å². The van der Waals surface area contributed by atoms with Crippen molar-refractivity contribution in [2.45, 2.75) is 70.7 Å². The molecule has 15 nitrogen and oxygen atoms in total. The summed E-state index contributed by atoms with van der Waals surface area (Å²) in [6.45, 7) is 6.73. The fraction of sp³-hybridized carbons (Fsp3) is 0.400. The minimum absolute atomic E-state index is 0.109. The molecule has 0 spiro atoms. The predicted molar refractivity (Wildman–Crippen MR) is 227 cm³/mol. The summed E-state index contributed by atoms with van der Waals surface area (Å²) in [7, 11) is 4.05. The van der Waals surface area contributed by atoms with Crippen LogP contribution in [-0.2, 0) is 23.8 Å². The van der Waals surface area contributed by atoms with Crippen LogP contribution in [0.2, 0.25) is 0 Å². The number of aromatic amines is 2. The second-order valence-electron chi connectivity index (χ2n) is 15.7. The summed E-state index contributed by atoms with van der Waals surface area (Å²) in [5.41, 5.74) is 5.82. The van der Waals surface area contributed by atoms with Crippen LogP contribution in [0.4, 0.5) is 9.59 Å². The smallest absolute Gasteiger partial charge is 0.432 e. The van der Waals surface area contributed by atoms with Gasteiger partial charge in [0, 0.05) is 32.0 Å². The van der Waals surface area contributed by atoms with Gasteiger partial charge in [0.1, 0.15) is 17.7 Å². The third-order valence-corrected chi connectivity index (χ3v) is 11.6. The number of alkyl carbamates (subject to hydrolysis) is 1. The van der Waals surface area contributed by atoms with Crippen LogP contribution in [0.5, 0.6) is 0 Å². The van der Waals surface area contributed by atoms with Crippen LogP contribution < -0.4 is 5.32 Å². The number of hydrogen-bond donors (Lipinski definition) is 3. The Morgan fingerprint density at radius 3 is 1.83 bits per heavy atom. The van der Waals surface area contributed by atoms with Crippen molar-refractivity contribution >= 4 is 41.0 Å². The van der Waals surface area contributed by atoms with Gasteiger partial charge in [-0.05, 0) is 78.1 Å². The van der Waals surface area contributed by atoms with Gasteiger partial charge in [-0.1, -0.05) is 62.4 Å². The lowest BCUT2D eigenvalue weighted by Gasteiger charge is -2.30. The lowest BCUT2D eigenvalue weighted by molar-refractivity contribution is -0.137. The molecule has 15 heteroatoms. The van der Waals surface area contributed by atoms with Gasteiger partial charge in [-0.3, -0.25) is 9.59 Å². The summed E-state index contributed by atoms with van der Waals surface area (Å²) in [5.74, 6) is 0.241. The van der Waals surface area contributed by atoms with Crippen molar-refractivity contribution in [1.29, 1.82) is 0 Å². The molecule has 0 radical (unpaired) electrons. The average Bonchev–Trinajstić information content (AvgIpc) is 4.12. The molecule has 5 atom stereocenters. The lowest BCUT2D eigenvalue weighted by atomic mass is 9.98. The third-order valence-electron chi connectivity index (χ3n) is 11.6. The number of likely N-dealkylation sites (tertiary alicyclic amines) is 2. The molecule has 2 saturated heterocycles. The van der Waals surface area contributed by atoms with Crippen molar-refractivity contribution in [2.24, 2.45) is 16.8 Å². The van der Waals surface area contributed by atoms with Crippen LogP contribution >= 0.6 is 0 Å². The molecule has 7 rings (SSSR count). The maximum atomic E-state index is 13.7. The van der Waals surface area contributed by atoms with Crippen LogP contribution in [0.3, 0.4) is 0 Å². The number of benzene rings is 3. The second-order valence-corrected chi connectivity index (χ2v) is 15.7. The van der Waals surface area contributed by atoms with Crippen molar-refractivity contribution in [3.05, 3.63) is 84.7 Å². The van der Waals surface area contributed by atoms with Crippen molar-refractivity contribution < 1.29 is 33.4 Å². The number of ether oxygens (including phenoxy) is 3. The molecule has 2 aliphatic rings. The minimum Gasteiger partial charge on any atom is -0.453 e. The molecule has 2 unspecified atom stereocenters. The number of fused-ring (bicyclic) bond motifs is 1. The summed E-state index contributed by atoms with van der Waals surface area (Å²) in [6, 6.07) is 19.9. The van der Waals surface area contributed by atoms with E-state index in [-0.39, 0.29) is 29.8 Å². The van der Waals surface area contributed by atoms with E-state index in [0.29, 0.717) is 18.9 Å². The molecule has 4 amide bonds. The molecule has 2 aromatic heterocycles. The Morgan fingerprint density at radius 2 is 1.27 bits per heavy atom. The van der Waals surface area contributed by atoms with E-state index >= 15 is 0 Å². The van der Waals surface area contributed by atoms with E-state index < -0.39 is 30.3 Å². The Morgan fingerprint density at radius 1 is 0.733 bits per heavy atom. The Hall–Kier alpha value is -6.35. The van der Waals surface area contributed by atoms with Crippen molar-refractivity contribution in [2.75, 3.05) is 34.4 Å². The van der Waals surface area contributed by atoms with Crippen molar-refractivity contribution in [1.82, 2.24) is 35.1 Å². The first-order chi connectivity index (χ1) is 29.0. The molecule has 2 fully saturated rings. The summed E-state index contributed by atoms with van der Waals surface area (Å²) in [5, 5.41) is 4.88. The molecule has 2 aliphatic heterocycles. The number of amides is 4. The molecule has 60 heavy (non-hydrogen) atoms. The van der Waals surface area contributed by atoms with E-state index in [4.69, 9.17) is 19.4 Å². The largest absolute Gasteiger partial charge is 0.453 e. The molecule has 5 aromatic rings. The highest BCUT2D eigenvalue weighted by atomic mass is 16.5. The van der Waals surface area contributed by atoms with E-state index in [0.717, 1.165) is 75.9 Å². The number of hydrogen-bond acceptors (Lipinski definition) is 9. The van der Waals surface area contributed by atoms with E-state index in [1.807, 2.05) is 24.9 Å². The van der Waals surface area contributed by atoms with E-state index in [1.54, 1.807) is 18.0 Å². The number of carbonyl (C=O) groups is 4. The summed E-state index contributed by atoms with van der Waals surface area (Å²) in [6.07, 6.45) is 6.23. The van der Waals surface area contributed by atoms with Crippen LogP contribution in [0.1, 0.15) is 70.2 Å². The van der Waals surface area contributed by atoms with Gasteiger partial charge in [-0.2, -0.15) is 4.99 Å². The summed E-state index contributed by atoms with van der Waals surface area (Å²) < 4.78 is 14.8. The number of aromatic nitrogens is 4. The van der Waals surface area contributed by atoms with Gasteiger partial charge in [0.25, 0.3) is 0 Å². The van der Waals surface area contributed by atoms with Gasteiger partial charge < -0.3 is 39.3 Å². The quantitative estimate of drug-likeness (QED) is 0.107. The molecule has 0 bridgehead atoms. The van der Waals surface area contributed by atoms with Gasteiger partial charge >= 0.3 is 12.2 Å². The van der Waals surface area contributed by atoms with Crippen molar-refractivity contribution in [3.8, 4) is 33.6 Å². The fourth-order valence-electron chi connectivity index (χ4n) is 8.17. The number of nitrogens with one attached hydrogen (secondary N) is 3. The normalized spacial score (nSPS) is 18.2. The predicted octanol–water partition coefficient (Wildman–Crippen LogP) is 7.48. The summed E-state index contributed by atoms with van der Waals surface area (Å²) >= 11 is 0. The first-order valence-corrected chi connectivity index (χ1v) is 20.3.